The van der Waals surface area contributed by atoms with Crippen LogP contribution >= 0.6 is 11.6 Å². The second-order valence-electron chi connectivity index (χ2n) is 3.02. The number of hydrogen-bond acceptors (Lipinski definition) is 4. The third-order valence-corrected chi connectivity index (χ3v) is 2.34. The lowest BCUT2D eigenvalue weighted by Gasteiger charge is -2.05. The van der Waals surface area contributed by atoms with E-state index in [9.17, 15) is 4.79 Å². The summed E-state index contributed by atoms with van der Waals surface area (Å²) in [5.74, 6) is 0.544. The van der Waals surface area contributed by atoms with Gasteiger partial charge in [-0.3, -0.25) is 4.79 Å². The van der Waals surface area contributed by atoms with Crippen LogP contribution in [0.15, 0.2) is 24.4 Å². The number of methoxy groups -OCH3 is 1. The Balaban J connectivity index is 2.43. The average molecular weight is 238 g/mol. The molecule has 82 valence electrons. The Morgan fingerprint density at radius 1 is 1.50 bits per heavy atom. The Morgan fingerprint density at radius 2 is 2.31 bits per heavy atom. The first-order valence-electron chi connectivity index (χ1n) is 4.46. The third-order valence-electron chi connectivity index (χ3n) is 2.03. The van der Waals surface area contributed by atoms with E-state index in [1.165, 1.54) is 18.0 Å². The monoisotopic (exact) mass is 237 g/mol. The summed E-state index contributed by atoms with van der Waals surface area (Å²) in [5, 5.41) is 7.97. The fourth-order valence-corrected chi connectivity index (χ4v) is 1.44. The smallest absolute Gasteiger partial charge is 0.171 e. The summed E-state index contributed by atoms with van der Waals surface area (Å²) in [6, 6.07) is 5.16. The third kappa shape index (κ3) is 1.90. The van der Waals surface area contributed by atoms with E-state index >= 15 is 0 Å². The van der Waals surface area contributed by atoms with Crippen molar-refractivity contribution in [3.8, 4) is 11.4 Å². The van der Waals surface area contributed by atoms with E-state index in [1.807, 2.05) is 0 Å². The molecule has 0 bridgehead atoms. The number of aromatic nitrogens is 3. The van der Waals surface area contributed by atoms with E-state index in [-0.39, 0.29) is 5.69 Å². The van der Waals surface area contributed by atoms with Crippen LogP contribution in [0.3, 0.4) is 0 Å². The molecule has 0 unspecified atom stereocenters. The highest BCUT2D eigenvalue weighted by Gasteiger charge is 2.05. The molecule has 1 aromatic carbocycles. The maximum atomic E-state index is 10.5. The van der Waals surface area contributed by atoms with Gasteiger partial charge in [0, 0.05) is 6.07 Å². The summed E-state index contributed by atoms with van der Waals surface area (Å²) >= 11 is 5.89. The number of carbonyl (C=O) groups excluding carboxylic acids is 1. The van der Waals surface area contributed by atoms with Gasteiger partial charge < -0.3 is 4.74 Å². The minimum absolute atomic E-state index is 0.272. The van der Waals surface area contributed by atoms with Gasteiger partial charge in [-0.1, -0.05) is 16.8 Å². The Kier molecular flexibility index (Phi) is 2.87. The van der Waals surface area contributed by atoms with Crippen LogP contribution in [0.5, 0.6) is 5.75 Å². The largest absolute Gasteiger partial charge is 0.495 e. The number of benzene rings is 1. The van der Waals surface area contributed by atoms with Gasteiger partial charge in [0.25, 0.3) is 0 Å². The van der Waals surface area contributed by atoms with Crippen LogP contribution in [0, 0.1) is 0 Å². The number of ether oxygens (including phenoxy) is 1. The Hall–Kier alpha value is -1.88. The molecule has 0 saturated heterocycles. The zero-order valence-electron chi connectivity index (χ0n) is 8.42. The summed E-state index contributed by atoms with van der Waals surface area (Å²) in [7, 11) is 1.53. The second kappa shape index (κ2) is 4.32. The molecule has 1 heterocycles. The predicted molar refractivity (Wildman–Crippen MR) is 58.3 cm³/mol. The van der Waals surface area contributed by atoms with Crippen molar-refractivity contribution >= 4 is 17.9 Å². The van der Waals surface area contributed by atoms with Gasteiger partial charge in [0.15, 0.2) is 6.29 Å². The van der Waals surface area contributed by atoms with Gasteiger partial charge in [0.1, 0.15) is 11.4 Å². The van der Waals surface area contributed by atoms with Crippen molar-refractivity contribution < 1.29 is 9.53 Å². The topological polar surface area (TPSA) is 57.0 Å². The molecule has 0 saturated carbocycles. The van der Waals surface area contributed by atoms with E-state index in [0.717, 1.165) is 5.69 Å². The SMILES string of the molecule is COc1cc(-n2cc(C=O)nn2)ccc1Cl. The molecule has 16 heavy (non-hydrogen) atoms. The average Bonchev–Trinajstić information content (AvgIpc) is 2.78. The number of aldehydes is 1. The highest BCUT2D eigenvalue weighted by Crippen LogP contribution is 2.26. The van der Waals surface area contributed by atoms with Crippen LogP contribution in [0.2, 0.25) is 5.02 Å². The molecule has 0 aliphatic heterocycles. The molecule has 0 fully saturated rings. The molecule has 0 atom stereocenters. The molecular weight excluding hydrogens is 230 g/mol. The number of rotatable bonds is 3. The van der Waals surface area contributed by atoms with Crippen LogP contribution < -0.4 is 4.74 Å². The van der Waals surface area contributed by atoms with Crippen LogP contribution in [0.4, 0.5) is 0 Å². The summed E-state index contributed by atoms with van der Waals surface area (Å²) in [6.45, 7) is 0. The van der Waals surface area contributed by atoms with Gasteiger partial charge in [-0.05, 0) is 12.1 Å². The van der Waals surface area contributed by atoms with Crippen molar-refractivity contribution in [1.29, 1.82) is 0 Å². The molecule has 1 aromatic heterocycles. The van der Waals surface area contributed by atoms with Crippen molar-refractivity contribution in [3.05, 3.63) is 35.1 Å². The van der Waals surface area contributed by atoms with Gasteiger partial charge in [0.2, 0.25) is 0 Å². The molecule has 0 radical (unpaired) electrons. The van der Waals surface area contributed by atoms with E-state index in [2.05, 4.69) is 10.3 Å². The summed E-state index contributed by atoms with van der Waals surface area (Å²) in [6.07, 6.45) is 2.16. The van der Waals surface area contributed by atoms with Crippen molar-refractivity contribution in [2.75, 3.05) is 7.11 Å². The normalized spacial score (nSPS) is 10.1. The standard InChI is InChI=1S/C10H8ClN3O2/c1-16-10-4-8(2-3-9(10)11)14-5-7(6-15)12-13-14/h2-6H,1H3. The maximum Gasteiger partial charge on any atom is 0.171 e. The zero-order chi connectivity index (χ0) is 11.5. The first-order valence-corrected chi connectivity index (χ1v) is 4.84. The van der Waals surface area contributed by atoms with Crippen LogP contribution in [-0.4, -0.2) is 28.4 Å². The van der Waals surface area contributed by atoms with Crippen LogP contribution in [0.1, 0.15) is 10.5 Å². The predicted octanol–water partition coefficient (Wildman–Crippen LogP) is 1.74. The quantitative estimate of drug-likeness (QED) is 0.763. The first-order chi connectivity index (χ1) is 7.74. The Morgan fingerprint density at radius 3 is 2.94 bits per heavy atom. The zero-order valence-corrected chi connectivity index (χ0v) is 9.18. The van der Waals surface area contributed by atoms with Crippen LogP contribution in [0.25, 0.3) is 5.69 Å². The summed E-state index contributed by atoms with van der Waals surface area (Å²) in [5.41, 5.74) is 0.996. The van der Waals surface area contributed by atoms with Gasteiger partial charge in [0.05, 0.1) is 24.0 Å². The van der Waals surface area contributed by atoms with Gasteiger partial charge in [-0.25, -0.2) is 4.68 Å². The highest BCUT2D eigenvalue weighted by atomic mass is 35.5. The number of halogens is 1. The van der Waals surface area contributed by atoms with Gasteiger partial charge in [-0.15, -0.1) is 5.10 Å². The lowest BCUT2D eigenvalue weighted by atomic mass is 10.3. The molecule has 0 N–H and O–H groups in total. The van der Waals surface area contributed by atoms with E-state index < -0.39 is 0 Å². The number of carbonyl (C=O) groups is 1. The van der Waals surface area contributed by atoms with Gasteiger partial charge in [-0.2, -0.15) is 0 Å². The number of hydrogen-bond donors (Lipinski definition) is 0. The minimum atomic E-state index is 0.272. The molecule has 0 amide bonds. The summed E-state index contributed by atoms with van der Waals surface area (Å²) < 4.78 is 6.55. The van der Waals surface area contributed by atoms with Crippen LogP contribution in [-0.2, 0) is 0 Å². The maximum absolute atomic E-state index is 10.5. The first kappa shape index (κ1) is 10.6. The van der Waals surface area contributed by atoms with E-state index in [1.54, 1.807) is 18.2 Å². The fourth-order valence-electron chi connectivity index (χ4n) is 1.25. The van der Waals surface area contributed by atoms with Crippen molar-refractivity contribution in [1.82, 2.24) is 15.0 Å². The van der Waals surface area contributed by atoms with E-state index in [4.69, 9.17) is 16.3 Å². The van der Waals surface area contributed by atoms with Gasteiger partial charge >= 0.3 is 0 Å². The molecule has 2 aromatic rings. The Bertz CT molecular complexity index is 525. The van der Waals surface area contributed by atoms with Crippen molar-refractivity contribution in [2.24, 2.45) is 0 Å². The van der Waals surface area contributed by atoms with E-state index in [0.29, 0.717) is 17.1 Å². The Labute approximate surface area is 96.6 Å². The van der Waals surface area contributed by atoms with Crippen molar-refractivity contribution in [2.45, 2.75) is 0 Å². The molecule has 0 aliphatic rings. The fraction of sp³-hybridized carbons (Fsp3) is 0.100. The number of nitrogens with zero attached hydrogens (tertiary/aromatic N) is 3. The molecule has 2 rings (SSSR count). The minimum Gasteiger partial charge on any atom is -0.495 e. The summed E-state index contributed by atoms with van der Waals surface area (Å²) in [4.78, 5) is 10.5. The lowest BCUT2D eigenvalue weighted by molar-refractivity contribution is 0.111. The van der Waals surface area contributed by atoms with Crippen molar-refractivity contribution in [3.63, 3.8) is 0 Å². The second-order valence-corrected chi connectivity index (χ2v) is 3.43. The molecule has 5 nitrogen and oxygen atoms in total. The highest BCUT2D eigenvalue weighted by molar-refractivity contribution is 6.32. The molecule has 0 spiro atoms. The molecule has 6 heteroatoms. The molecular formula is C10H8ClN3O2. The molecule has 0 aliphatic carbocycles. The lowest BCUT2D eigenvalue weighted by Crippen LogP contribution is -1.96.